The molecule has 0 saturated carbocycles. The summed E-state index contributed by atoms with van der Waals surface area (Å²) in [7, 11) is 4.81. The van der Waals surface area contributed by atoms with Gasteiger partial charge in [-0.15, -0.1) is 0 Å². The molecule has 0 spiro atoms. The summed E-state index contributed by atoms with van der Waals surface area (Å²) in [5, 5.41) is 0. The molecule has 0 aliphatic heterocycles. The molecule has 0 radical (unpaired) electrons. The molecule has 130 valence electrons. The first-order valence-corrected chi connectivity index (χ1v) is 8.27. The van der Waals surface area contributed by atoms with Gasteiger partial charge in [0.2, 0.25) is 0 Å². The third-order valence-corrected chi connectivity index (χ3v) is 4.66. The number of halogens is 1. The summed E-state index contributed by atoms with van der Waals surface area (Å²) in [6.07, 6.45) is 1.64. The molecule has 0 saturated heterocycles. The maximum absolute atomic E-state index is 6.03. The van der Waals surface area contributed by atoms with Gasteiger partial charge in [-0.1, -0.05) is 0 Å². The summed E-state index contributed by atoms with van der Waals surface area (Å²) >= 11 is 3.48. The predicted molar refractivity (Wildman–Crippen MR) is 101 cm³/mol. The lowest BCUT2D eigenvalue weighted by atomic mass is 10.0. The SMILES string of the molecule is COc1ccc(-c2[nH]cnc2-c2cc(OC)c(Br)c(OC)c2)cc1N. The highest BCUT2D eigenvalue weighted by Gasteiger charge is 2.16. The van der Waals surface area contributed by atoms with E-state index in [-0.39, 0.29) is 0 Å². The summed E-state index contributed by atoms with van der Waals surface area (Å²) in [5.74, 6) is 1.96. The number of nitrogen functional groups attached to an aromatic ring is 1. The number of rotatable bonds is 5. The van der Waals surface area contributed by atoms with Crippen LogP contribution in [0.2, 0.25) is 0 Å². The van der Waals surface area contributed by atoms with E-state index < -0.39 is 0 Å². The summed E-state index contributed by atoms with van der Waals surface area (Å²) in [5.41, 5.74) is 9.99. The van der Waals surface area contributed by atoms with E-state index >= 15 is 0 Å². The van der Waals surface area contributed by atoms with Gasteiger partial charge in [-0.05, 0) is 46.3 Å². The average molecular weight is 404 g/mol. The highest BCUT2D eigenvalue weighted by Crippen LogP contribution is 2.41. The Morgan fingerprint density at radius 3 is 2.12 bits per heavy atom. The monoisotopic (exact) mass is 403 g/mol. The number of methoxy groups -OCH3 is 3. The van der Waals surface area contributed by atoms with E-state index in [0.717, 1.165) is 27.0 Å². The highest BCUT2D eigenvalue weighted by atomic mass is 79.9. The van der Waals surface area contributed by atoms with Crippen molar-refractivity contribution in [3.63, 3.8) is 0 Å². The van der Waals surface area contributed by atoms with E-state index in [2.05, 4.69) is 25.9 Å². The second-order valence-corrected chi connectivity index (χ2v) is 6.07. The van der Waals surface area contributed by atoms with Crippen LogP contribution in [0, 0.1) is 0 Å². The van der Waals surface area contributed by atoms with E-state index in [0.29, 0.717) is 22.9 Å². The number of aromatic nitrogens is 2. The normalized spacial score (nSPS) is 10.6. The number of aromatic amines is 1. The maximum atomic E-state index is 6.03. The molecule has 0 aliphatic rings. The minimum Gasteiger partial charge on any atom is -0.495 e. The van der Waals surface area contributed by atoms with Gasteiger partial charge >= 0.3 is 0 Å². The van der Waals surface area contributed by atoms with E-state index in [1.165, 1.54) is 0 Å². The van der Waals surface area contributed by atoms with Crippen LogP contribution >= 0.6 is 15.9 Å². The number of hydrogen-bond acceptors (Lipinski definition) is 5. The maximum Gasteiger partial charge on any atom is 0.141 e. The second kappa shape index (κ2) is 7.06. The zero-order chi connectivity index (χ0) is 18.0. The number of nitrogens with zero attached hydrogens (tertiary/aromatic N) is 1. The average Bonchev–Trinajstić information content (AvgIpc) is 3.11. The van der Waals surface area contributed by atoms with Crippen molar-refractivity contribution in [3.05, 3.63) is 41.1 Å². The predicted octanol–water partition coefficient (Wildman–Crippen LogP) is 4.11. The first-order chi connectivity index (χ1) is 12.1. The first-order valence-electron chi connectivity index (χ1n) is 7.48. The van der Waals surface area contributed by atoms with Crippen LogP contribution in [0.5, 0.6) is 17.2 Å². The van der Waals surface area contributed by atoms with E-state index in [4.69, 9.17) is 19.9 Å². The Balaban J connectivity index is 2.13. The van der Waals surface area contributed by atoms with Crippen molar-refractivity contribution in [1.29, 1.82) is 0 Å². The number of ether oxygens (including phenoxy) is 3. The number of benzene rings is 2. The van der Waals surface area contributed by atoms with Gasteiger partial charge in [-0.2, -0.15) is 0 Å². The quantitative estimate of drug-likeness (QED) is 0.626. The molecule has 0 fully saturated rings. The molecule has 0 atom stereocenters. The zero-order valence-corrected chi connectivity index (χ0v) is 15.7. The summed E-state index contributed by atoms with van der Waals surface area (Å²) in [6, 6.07) is 9.42. The van der Waals surface area contributed by atoms with Crippen LogP contribution < -0.4 is 19.9 Å². The van der Waals surface area contributed by atoms with Crippen molar-refractivity contribution >= 4 is 21.6 Å². The van der Waals surface area contributed by atoms with Gasteiger partial charge < -0.3 is 24.9 Å². The number of H-pyrrole nitrogens is 1. The molecule has 0 bridgehead atoms. The van der Waals surface area contributed by atoms with Crippen LogP contribution in [0.1, 0.15) is 0 Å². The van der Waals surface area contributed by atoms with Crippen molar-refractivity contribution in [1.82, 2.24) is 9.97 Å². The molecule has 3 aromatic rings. The topological polar surface area (TPSA) is 82.4 Å². The zero-order valence-electron chi connectivity index (χ0n) is 14.1. The Labute approximate surface area is 154 Å². The Morgan fingerprint density at radius 1 is 0.920 bits per heavy atom. The van der Waals surface area contributed by atoms with Gasteiger partial charge in [0.15, 0.2) is 0 Å². The van der Waals surface area contributed by atoms with Gasteiger partial charge in [-0.3, -0.25) is 0 Å². The van der Waals surface area contributed by atoms with E-state index in [1.54, 1.807) is 27.7 Å². The summed E-state index contributed by atoms with van der Waals surface area (Å²) in [4.78, 5) is 7.64. The third kappa shape index (κ3) is 3.15. The lowest BCUT2D eigenvalue weighted by molar-refractivity contribution is 0.390. The molecule has 0 amide bonds. The van der Waals surface area contributed by atoms with Gasteiger partial charge in [-0.25, -0.2) is 4.98 Å². The summed E-state index contributed by atoms with van der Waals surface area (Å²) in [6.45, 7) is 0. The Morgan fingerprint density at radius 2 is 1.56 bits per heavy atom. The standard InChI is InChI=1S/C18H18BrN3O3/c1-23-13-5-4-10(6-12(13)20)17-18(22-9-21-17)11-7-14(24-2)16(19)15(8-11)25-3/h4-9H,20H2,1-3H3,(H,21,22). The first kappa shape index (κ1) is 17.2. The molecule has 6 nitrogen and oxygen atoms in total. The van der Waals surface area contributed by atoms with Crippen molar-refractivity contribution in [3.8, 4) is 39.8 Å². The fraction of sp³-hybridized carbons (Fsp3) is 0.167. The van der Waals surface area contributed by atoms with Gasteiger partial charge in [0.1, 0.15) is 21.7 Å². The Bertz CT molecular complexity index is 883. The molecule has 1 aromatic heterocycles. The fourth-order valence-corrected chi connectivity index (χ4v) is 3.18. The lowest BCUT2D eigenvalue weighted by Crippen LogP contribution is -1.94. The van der Waals surface area contributed by atoms with Crippen LogP contribution in [0.15, 0.2) is 41.1 Å². The lowest BCUT2D eigenvalue weighted by Gasteiger charge is -2.12. The van der Waals surface area contributed by atoms with E-state index in [9.17, 15) is 0 Å². The number of imidazole rings is 1. The minimum atomic E-state index is 0.562. The van der Waals surface area contributed by atoms with Crippen LogP contribution in [-0.2, 0) is 0 Å². The molecule has 3 N–H and O–H groups in total. The molecule has 1 heterocycles. The van der Waals surface area contributed by atoms with Crippen molar-refractivity contribution in [2.75, 3.05) is 27.1 Å². The molecule has 3 rings (SSSR count). The Kier molecular flexibility index (Phi) is 4.85. The van der Waals surface area contributed by atoms with E-state index in [1.807, 2.05) is 30.3 Å². The smallest absolute Gasteiger partial charge is 0.141 e. The number of hydrogen-bond donors (Lipinski definition) is 2. The van der Waals surface area contributed by atoms with Gasteiger partial charge in [0.05, 0.1) is 44.7 Å². The fourth-order valence-electron chi connectivity index (χ4n) is 2.63. The molecular weight excluding hydrogens is 386 g/mol. The molecule has 7 heteroatoms. The highest BCUT2D eigenvalue weighted by molar-refractivity contribution is 9.10. The molecule has 0 aliphatic carbocycles. The second-order valence-electron chi connectivity index (χ2n) is 5.28. The molecule has 2 aromatic carbocycles. The Hall–Kier alpha value is -2.67. The molecule has 0 unspecified atom stereocenters. The van der Waals surface area contributed by atoms with Crippen molar-refractivity contribution in [2.24, 2.45) is 0 Å². The minimum absolute atomic E-state index is 0.562. The molecule has 25 heavy (non-hydrogen) atoms. The number of anilines is 1. The number of nitrogens with two attached hydrogens (primary N) is 1. The largest absolute Gasteiger partial charge is 0.495 e. The number of nitrogens with one attached hydrogen (secondary N) is 1. The third-order valence-electron chi connectivity index (χ3n) is 3.88. The summed E-state index contributed by atoms with van der Waals surface area (Å²) < 4.78 is 16.8. The van der Waals surface area contributed by atoms with Crippen molar-refractivity contribution < 1.29 is 14.2 Å². The van der Waals surface area contributed by atoms with Gasteiger partial charge in [0.25, 0.3) is 0 Å². The van der Waals surface area contributed by atoms with Crippen LogP contribution in [-0.4, -0.2) is 31.3 Å². The van der Waals surface area contributed by atoms with Crippen LogP contribution in [0.4, 0.5) is 5.69 Å². The van der Waals surface area contributed by atoms with Crippen LogP contribution in [0.3, 0.4) is 0 Å². The molecular formula is C18H18BrN3O3. The van der Waals surface area contributed by atoms with Gasteiger partial charge in [0, 0.05) is 11.1 Å². The van der Waals surface area contributed by atoms with Crippen molar-refractivity contribution in [2.45, 2.75) is 0 Å². The van der Waals surface area contributed by atoms with Crippen LogP contribution in [0.25, 0.3) is 22.5 Å².